The van der Waals surface area contributed by atoms with E-state index in [1.807, 2.05) is 0 Å². The van der Waals surface area contributed by atoms with Crippen LogP contribution in [0.2, 0.25) is 0 Å². The van der Waals surface area contributed by atoms with Gasteiger partial charge in [-0.1, -0.05) is 0 Å². The first-order valence-electron chi connectivity index (χ1n) is 12.0. The van der Waals surface area contributed by atoms with E-state index in [2.05, 4.69) is 18.3 Å². The summed E-state index contributed by atoms with van der Waals surface area (Å²) < 4.78 is 55.0. The fourth-order valence-electron chi connectivity index (χ4n) is 4.44. The van der Waals surface area contributed by atoms with Gasteiger partial charge in [0.25, 0.3) is 21.2 Å². The Balaban J connectivity index is 1.62. The van der Waals surface area contributed by atoms with E-state index in [0.717, 1.165) is 11.5 Å². The van der Waals surface area contributed by atoms with Crippen LogP contribution in [0.25, 0.3) is 0 Å². The molecule has 2 fully saturated rings. The van der Waals surface area contributed by atoms with Crippen LogP contribution in [0.3, 0.4) is 0 Å². The molecule has 0 radical (unpaired) electrons. The number of aliphatic hydroxyl groups excluding tert-OH is 2. The standard InChI is InChI=1S/C20H33N3O15P2/c1-9-7-23(20(28)21-18(9)27)14-6-12(25)13(36-14)8-33-39(29,30)38-40(31,32)37-19-16(26)15(22(4)5)17(10(2)34-19)35-11(3)24/h7,10,12-17,19,25-26H,6,8H2,1-5H3,(H,29,30)(H,31,32)(H,21,27,28)/p-1/t10-,12+,13-,14-,15-,16-,17+,19-/m1/s1. The van der Waals surface area contributed by atoms with Crippen molar-refractivity contribution in [3.63, 3.8) is 0 Å². The summed E-state index contributed by atoms with van der Waals surface area (Å²) in [6.45, 7) is 3.13. The van der Waals surface area contributed by atoms with Crippen molar-refractivity contribution >= 4 is 21.6 Å². The van der Waals surface area contributed by atoms with Gasteiger partial charge in [-0.15, -0.1) is 0 Å². The second-order valence-corrected chi connectivity index (χ2v) is 12.6. The van der Waals surface area contributed by atoms with Gasteiger partial charge < -0.3 is 43.6 Å². The quantitative estimate of drug-likeness (QED) is 0.144. The summed E-state index contributed by atoms with van der Waals surface area (Å²) in [5.74, 6) is -0.663. The van der Waals surface area contributed by atoms with E-state index in [0.29, 0.717) is 4.90 Å². The number of phosphoric acid groups is 2. The van der Waals surface area contributed by atoms with E-state index in [1.54, 1.807) is 14.1 Å². The molecule has 2 unspecified atom stereocenters. The molecule has 3 rings (SSSR count). The van der Waals surface area contributed by atoms with Gasteiger partial charge in [0.1, 0.15) is 18.4 Å². The minimum atomic E-state index is -5.74. The normalized spacial score (nSPS) is 33.9. The molecule has 0 amide bonds. The number of hydrogen-bond donors (Lipinski definition) is 4. The third kappa shape index (κ3) is 7.94. The average molecular weight is 616 g/mol. The number of phosphoric ester groups is 2. The molecule has 0 bridgehead atoms. The number of hydrogen-bond acceptors (Lipinski definition) is 15. The van der Waals surface area contributed by atoms with Crippen molar-refractivity contribution in [1.29, 1.82) is 0 Å². The Morgan fingerprint density at radius 2 is 1.88 bits per heavy atom. The maximum atomic E-state index is 12.4. The van der Waals surface area contributed by atoms with Crippen LogP contribution in [0.4, 0.5) is 0 Å². The Bertz CT molecular complexity index is 1280. The number of likely N-dealkylation sites (N-methyl/N-ethyl adjacent to an activating group) is 1. The zero-order valence-electron chi connectivity index (χ0n) is 22.2. The molecule has 228 valence electrons. The number of nitrogens with zero attached hydrogens (tertiary/aromatic N) is 1. The maximum absolute atomic E-state index is 12.4. The number of aromatic nitrogens is 2. The summed E-state index contributed by atoms with van der Waals surface area (Å²) >= 11 is 0. The molecule has 0 aliphatic carbocycles. The second kappa shape index (κ2) is 12.6. The Hall–Kier alpha value is -1.79. The van der Waals surface area contributed by atoms with Gasteiger partial charge in [0.2, 0.25) is 0 Å². The van der Waals surface area contributed by atoms with Gasteiger partial charge in [-0.3, -0.25) is 32.8 Å². The van der Waals surface area contributed by atoms with Crippen molar-refractivity contribution in [3.8, 4) is 0 Å². The van der Waals surface area contributed by atoms with Crippen molar-refractivity contribution in [2.24, 2.45) is 0 Å². The average Bonchev–Trinajstić information content (AvgIpc) is 3.17. The lowest BCUT2D eigenvalue weighted by atomic mass is 9.96. The minimum Gasteiger partial charge on any atom is -0.756 e. The molecular weight excluding hydrogens is 584 g/mol. The van der Waals surface area contributed by atoms with Crippen molar-refractivity contribution in [1.82, 2.24) is 9.55 Å². The number of esters is 1. The van der Waals surface area contributed by atoms with Crippen LogP contribution in [0.1, 0.15) is 32.1 Å². The van der Waals surface area contributed by atoms with Crippen LogP contribution in [-0.4, -0.2) is 89.3 Å². The lowest BCUT2D eigenvalue weighted by Crippen LogP contribution is -3.14. The van der Waals surface area contributed by atoms with Gasteiger partial charge in [-0.05, 0) is 13.8 Å². The van der Waals surface area contributed by atoms with Crippen LogP contribution in [-0.2, 0) is 41.5 Å². The highest BCUT2D eigenvalue weighted by molar-refractivity contribution is 7.59. The van der Waals surface area contributed by atoms with E-state index >= 15 is 0 Å². The molecule has 2 aliphatic heterocycles. The molecule has 1 aromatic rings. The molecule has 4 N–H and O–H groups in total. The molecular formula is C20H32N3O15P2-. The van der Waals surface area contributed by atoms with Crippen molar-refractivity contribution < 1.29 is 66.4 Å². The lowest BCUT2D eigenvalue weighted by Gasteiger charge is -2.44. The predicted molar refractivity (Wildman–Crippen MR) is 126 cm³/mol. The Morgan fingerprint density at radius 1 is 1.23 bits per heavy atom. The zero-order valence-corrected chi connectivity index (χ0v) is 23.9. The SMILES string of the molecule is CC(=O)O[C@@H]1[C@H]([NH+](C)C)[C@@H](O)[C@@H](OP(=O)([O-])OP(=O)([O-])OC[C@H]2O[C@@H](n3cc(C)c(=O)[nH]c3=O)C[C@@H]2O)O[C@@H]1C. The van der Waals surface area contributed by atoms with Crippen LogP contribution in [0, 0.1) is 6.92 Å². The molecule has 0 aromatic carbocycles. The van der Waals surface area contributed by atoms with Gasteiger partial charge in [-0.25, -0.2) is 9.11 Å². The number of carbonyl (C=O) groups excluding carboxylic acids is 1. The van der Waals surface area contributed by atoms with Gasteiger partial charge in [0, 0.05) is 25.1 Å². The van der Waals surface area contributed by atoms with Crippen LogP contribution in [0.5, 0.6) is 0 Å². The Labute approximate surface area is 227 Å². The topological polar surface area (TPSA) is 252 Å². The van der Waals surface area contributed by atoms with Crippen LogP contribution < -0.4 is 25.9 Å². The number of nitrogens with one attached hydrogen (secondary N) is 2. The van der Waals surface area contributed by atoms with Gasteiger partial charge >= 0.3 is 11.7 Å². The number of aliphatic hydroxyl groups is 2. The van der Waals surface area contributed by atoms with E-state index in [9.17, 15) is 43.5 Å². The predicted octanol–water partition coefficient (Wildman–Crippen LogP) is -3.97. The minimum absolute atomic E-state index is 0.176. The fourth-order valence-corrected chi connectivity index (χ4v) is 6.52. The molecule has 1 aromatic heterocycles. The van der Waals surface area contributed by atoms with E-state index in [4.69, 9.17) is 14.2 Å². The summed E-state index contributed by atoms with van der Waals surface area (Å²) in [5.41, 5.74) is -1.25. The van der Waals surface area contributed by atoms with Crippen LogP contribution in [0.15, 0.2) is 15.8 Å². The first-order valence-corrected chi connectivity index (χ1v) is 15.0. The lowest BCUT2D eigenvalue weighted by molar-refractivity contribution is -0.897. The number of aromatic amines is 1. The summed E-state index contributed by atoms with van der Waals surface area (Å²) in [6.07, 6.45) is -8.25. The van der Waals surface area contributed by atoms with Crippen molar-refractivity contribution in [3.05, 3.63) is 32.6 Å². The maximum Gasteiger partial charge on any atom is 0.330 e. The molecule has 20 heteroatoms. The smallest absolute Gasteiger partial charge is 0.330 e. The first-order chi connectivity index (χ1) is 18.4. The zero-order chi connectivity index (χ0) is 30.2. The first kappa shape index (κ1) is 32.7. The molecule has 18 nitrogen and oxygen atoms in total. The summed E-state index contributed by atoms with van der Waals surface area (Å²) in [4.78, 5) is 62.4. The third-order valence-electron chi connectivity index (χ3n) is 6.27. The number of H-pyrrole nitrogens is 1. The summed E-state index contributed by atoms with van der Waals surface area (Å²) in [7, 11) is -8.18. The number of quaternary nitrogens is 1. The largest absolute Gasteiger partial charge is 0.756 e. The highest BCUT2D eigenvalue weighted by atomic mass is 31.3. The summed E-state index contributed by atoms with van der Waals surface area (Å²) in [6, 6.07) is -0.916. The van der Waals surface area contributed by atoms with Crippen LogP contribution >= 0.6 is 15.6 Å². The van der Waals surface area contributed by atoms with E-state index in [1.165, 1.54) is 20.0 Å². The molecule has 3 heterocycles. The highest BCUT2D eigenvalue weighted by Crippen LogP contribution is 2.57. The van der Waals surface area contributed by atoms with Gasteiger partial charge in [-0.2, -0.15) is 0 Å². The monoisotopic (exact) mass is 616 g/mol. The number of ether oxygens (including phenoxy) is 3. The second-order valence-electron chi connectivity index (χ2n) is 9.67. The molecule has 0 saturated carbocycles. The molecule has 10 atom stereocenters. The highest BCUT2D eigenvalue weighted by Gasteiger charge is 2.51. The van der Waals surface area contributed by atoms with Crippen molar-refractivity contribution in [2.45, 2.75) is 76.3 Å². The van der Waals surface area contributed by atoms with E-state index < -0.39 is 88.6 Å². The third-order valence-corrected chi connectivity index (χ3v) is 8.80. The Kier molecular flexibility index (Phi) is 10.3. The number of rotatable bonds is 10. The molecule has 40 heavy (non-hydrogen) atoms. The number of aryl methyl sites for hydroxylation is 1. The summed E-state index contributed by atoms with van der Waals surface area (Å²) in [5, 5.41) is 20.9. The fraction of sp³-hybridized carbons (Fsp3) is 0.750. The molecule has 2 saturated heterocycles. The molecule has 2 aliphatic rings. The van der Waals surface area contributed by atoms with E-state index in [-0.39, 0.29) is 12.0 Å². The van der Waals surface area contributed by atoms with Crippen molar-refractivity contribution in [2.75, 3.05) is 20.7 Å². The Morgan fingerprint density at radius 3 is 2.48 bits per heavy atom. The van der Waals surface area contributed by atoms with Gasteiger partial charge in [0.05, 0.1) is 26.8 Å². The number of carbonyl (C=O) groups is 1. The molecule has 0 spiro atoms. The van der Waals surface area contributed by atoms with Gasteiger partial charge in [0.15, 0.2) is 24.5 Å².